The number of hydrogen-bond donors (Lipinski definition) is 1. The number of halogens is 2. The molecule has 0 spiro atoms. The molecule has 0 bridgehead atoms. The maximum Gasteiger partial charge on any atom is 0.282 e. The van der Waals surface area contributed by atoms with Gasteiger partial charge in [0.15, 0.2) is 0 Å². The van der Waals surface area contributed by atoms with Gasteiger partial charge in [0.2, 0.25) is 11.8 Å². The van der Waals surface area contributed by atoms with Crippen molar-refractivity contribution in [3.8, 4) is 0 Å². The first-order valence-electron chi connectivity index (χ1n) is 4.08. The lowest BCUT2D eigenvalue weighted by molar-refractivity contribution is -0.114. The van der Waals surface area contributed by atoms with E-state index in [0.717, 1.165) is 17.7 Å². The number of nitrogens with zero attached hydrogens (tertiary/aromatic N) is 2. The van der Waals surface area contributed by atoms with Crippen molar-refractivity contribution in [3.63, 3.8) is 0 Å². The summed E-state index contributed by atoms with van der Waals surface area (Å²) in [5, 5.41) is 5.60. The molecule has 1 N–H and O–H groups in total. The molecule has 1 aromatic rings. The predicted octanol–water partition coefficient (Wildman–Crippen LogP) is 1.44. The topological polar surface area (TPSA) is 64.0 Å². The van der Waals surface area contributed by atoms with Gasteiger partial charge in [-0.1, -0.05) is 0 Å². The minimum absolute atomic E-state index is 0.0506. The van der Waals surface area contributed by atoms with Crippen molar-refractivity contribution >= 4 is 17.6 Å². The molecule has 1 rings (SSSR count). The molecular formula is C8H9F2N3O2. The zero-order chi connectivity index (χ0) is 11.6. The summed E-state index contributed by atoms with van der Waals surface area (Å²) in [6, 6.07) is 0.966. The first-order valence-corrected chi connectivity index (χ1v) is 4.08. The number of nitrogens with one attached hydrogen (secondary N) is 1. The van der Waals surface area contributed by atoms with E-state index in [1.165, 1.54) is 6.92 Å². The number of rotatable bonds is 2. The van der Waals surface area contributed by atoms with E-state index in [0.29, 0.717) is 0 Å². The van der Waals surface area contributed by atoms with E-state index in [4.69, 9.17) is 0 Å². The second-order valence-electron chi connectivity index (χ2n) is 2.87. The second-order valence-corrected chi connectivity index (χ2v) is 2.87. The minimum atomic E-state index is -2.78. The molecule has 0 radical (unpaired) electrons. The average molecular weight is 217 g/mol. The van der Waals surface area contributed by atoms with Gasteiger partial charge in [-0.3, -0.25) is 9.59 Å². The number of carbonyl (C=O) groups excluding carboxylic acids is 2. The van der Waals surface area contributed by atoms with E-state index in [2.05, 4.69) is 10.4 Å². The maximum absolute atomic E-state index is 12.3. The molecule has 1 heterocycles. The largest absolute Gasteiger partial charge is 0.311 e. The molecule has 0 fully saturated rings. The van der Waals surface area contributed by atoms with E-state index in [1.54, 1.807) is 0 Å². The molecule has 0 unspecified atom stereocenters. The smallest absolute Gasteiger partial charge is 0.282 e. The Morgan fingerprint density at radius 3 is 2.47 bits per heavy atom. The number of aromatic nitrogens is 2. The first-order chi connectivity index (χ1) is 6.91. The molecule has 0 aliphatic heterocycles. The van der Waals surface area contributed by atoms with Crippen LogP contribution in [0.25, 0.3) is 0 Å². The molecule has 0 aliphatic rings. The highest BCUT2D eigenvalue weighted by molar-refractivity contribution is 5.90. The van der Waals surface area contributed by atoms with Crippen LogP contribution in [-0.2, 0) is 4.79 Å². The van der Waals surface area contributed by atoms with Crippen molar-refractivity contribution in [2.24, 2.45) is 0 Å². The highest BCUT2D eigenvalue weighted by atomic mass is 19.3. The van der Waals surface area contributed by atoms with E-state index in [1.807, 2.05) is 0 Å². The fraction of sp³-hybridized carbons (Fsp3) is 0.375. The van der Waals surface area contributed by atoms with E-state index < -0.39 is 23.9 Å². The standard InChI is InChI=1S/C8H9F2N3O2/c1-4(14)11-7-3-6(8(9)10)12-13(7)5(2)15/h3,8H,1-2H3,(H,11,14). The van der Waals surface area contributed by atoms with Gasteiger partial charge in [0.25, 0.3) is 6.43 Å². The number of amides is 1. The summed E-state index contributed by atoms with van der Waals surface area (Å²) in [6.07, 6.45) is -2.78. The fourth-order valence-electron chi connectivity index (χ4n) is 1.02. The summed E-state index contributed by atoms with van der Waals surface area (Å²) >= 11 is 0. The SMILES string of the molecule is CC(=O)Nc1cc(C(F)F)nn1C(C)=O. The summed E-state index contributed by atoms with van der Waals surface area (Å²) in [5.41, 5.74) is -0.547. The Balaban J connectivity index is 3.11. The molecule has 0 aromatic carbocycles. The number of alkyl halides is 2. The maximum atomic E-state index is 12.3. The van der Waals surface area contributed by atoms with Gasteiger partial charge < -0.3 is 5.32 Å². The van der Waals surface area contributed by atoms with Gasteiger partial charge in [0.05, 0.1) is 0 Å². The van der Waals surface area contributed by atoms with Crippen LogP contribution < -0.4 is 5.32 Å². The Morgan fingerprint density at radius 2 is 2.07 bits per heavy atom. The Bertz CT molecular complexity index is 401. The van der Waals surface area contributed by atoms with Crippen LogP contribution in [0.2, 0.25) is 0 Å². The third-order valence-electron chi connectivity index (χ3n) is 1.55. The zero-order valence-electron chi connectivity index (χ0n) is 8.12. The molecule has 0 saturated carbocycles. The molecular weight excluding hydrogens is 208 g/mol. The van der Waals surface area contributed by atoms with Gasteiger partial charge in [0, 0.05) is 19.9 Å². The highest BCUT2D eigenvalue weighted by Gasteiger charge is 2.17. The van der Waals surface area contributed by atoms with Gasteiger partial charge in [-0.15, -0.1) is 0 Å². The Hall–Kier alpha value is -1.79. The molecule has 5 nitrogen and oxygen atoms in total. The first kappa shape index (κ1) is 11.3. The summed E-state index contributed by atoms with van der Waals surface area (Å²) in [5.74, 6) is -1.06. The van der Waals surface area contributed by atoms with Crippen molar-refractivity contribution in [1.82, 2.24) is 9.78 Å². The lowest BCUT2D eigenvalue weighted by Crippen LogP contribution is -2.15. The van der Waals surface area contributed by atoms with Crippen LogP contribution in [0.1, 0.15) is 30.8 Å². The zero-order valence-corrected chi connectivity index (χ0v) is 8.12. The fourth-order valence-corrected chi connectivity index (χ4v) is 1.02. The molecule has 82 valence electrons. The van der Waals surface area contributed by atoms with Gasteiger partial charge in [-0.25, -0.2) is 8.78 Å². The summed E-state index contributed by atoms with van der Waals surface area (Å²) in [4.78, 5) is 21.7. The third-order valence-corrected chi connectivity index (χ3v) is 1.55. The molecule has 7 heteroatoms. The molecule has 0 aliphatic carbocycles. The van der Waals surface area contributed by atoms with Crippen LogP contribution in [0, 0.1) is 0 Å². The molecule has 0 atom stereocenters. The Kier molecular flexibility index (Phi) is 3.13. The second kappa shape index (κ2) is 4.16. The van der Waals surface area contributed by atoms with Gasteiger partial charge in [-0.2, -0.15) is 9.78 Å². The minimum Gasteiger partial charge on any atom is -0.311 e. The normalized spacial score (nSPS) is 10.5. The summed E-state index contributed by atoms with van der Waals surface area (Å²) < 4.78 is 25.2. The molecule has 0 saturated heterocycles. The van der Waals surface area contributed by atoms with Crippen LogP contribution in [0.5, 0.6) is 0 Å². The number of hydrogen-bond acceptors (Lipinski definition) is 3. The summed E-state index contributed by atoms with van der Waals surface area (Å²) in [7, 11) is 0. The van der Waals surface area contributed by atoms with Crippen molar-refractivity contribution < 1.29 is 18.4 Å². The summed E-state index contributed by atoms with van der Waals surface area (Å²) in [6.45, 7) is 2.37. The lowest BCUT2D eigenvalue weighted by atomic mass is 10.4. The van der Waals surface area contributed by atoms with Crippen LogP contribution in [-0.4, -0.2) is 21.6 Å². The van der Waals surface area contributed by atoms with Crippen molar-refractivity contribution in [1.29, 1.82) is 0 Å². The van der Waals surface area contributed by atoms with E-state index in [9.17, 15) is 18.4 Å². The van der Waals surface area contributed by atoms with Crippen molar-refractivity contribution in [2.45, 2.75) is 20.3 Å². The highest BCUT2D eigenvalue weighted by Crippen LogP contribution is 2.20. The Labute approximate surface area is 84.1 Å². The van der Waals surface area contributed by atoms with Crippen LogP contribution >= 0.6 is 0 Å². The monoisotopic (exact) mass is 217 g/mol. The average Bonchev–Trinajstić information content (AvgIpc) is 2.46. The molecule has 1 amide bonds. The third kappa shape index (κ3) is 2.58. The molecule has 1 aromatic heterocycles. The predicted molar refractivity (Wildman–Crippen MR) is 47.8 cm³/mol. The lowest BCUT2D eigenvalue weighted by Gasteiger charge is -2.01. The van der Waals surface area contributed by atoms with Crippen LogP contribution in [0.15, 0.2) is 6.07 Å². The quantitative estimate of drug-likeness (QED) is 0.815. The number of carbonyl (C=O) groups is 2. The van der Waals surface area contributed by atoms with Gasteiger partial charge >= 0.3 is 0 Å². The Morgan fingerprint density at radius 1 is 1.47 bits per heavy atom. The van der Waals surface area contributed by atoms with E-state index in [-0.39, 0.29) is 5.82 Å². The van der Waals surface area contributed by atoms with Crippen molar-refractivity contribution in [2.75, 3.05) is 5.32 Å². The van der Waals surface area contributed by atoms with E-state index >= 15 is 0 Å². The van der Waals surface area contributed by atoms with Crippen LogP contribution in [0.4, 0.5) is 14.6 Å². The van der Waals surface area contributed by atoms with Gasteiger partial charge in [0.1, 0.15) is 11.5 Å². The molecule has 15 heavy (non-hydrogen) atoms. The van der Waals surface area contributed by atoms with Crippen molar-refractivity contribution in [3.05, 3.63) is 11.8 Å². The van der Waals surface area contributed by atoms with Gasteiger partial charge in [-0.05, 0) is 0 Å². The number of anilines is 1. The van der Waals surface area contributed by atoms with Crippen LogP contribution in [0.3, 0.4) is 0 Å².